The quantitative estimate of drug-likeness (QED) is 0.619. The Hall–Kier alpha value is -1.27. The van der Waals surface area contributed by atoms with Crippen molar-refractivity contribution in [1.29, 1.82) is 0 Å². The number of hydrogen-bond acceptors (Lipinski definition) is 3. The summed E-state index contributed by atoms with van der Waals surface area (Å²) in [6, 6.07) is 6.33. The Morgan fingerprint density at radius 3 is 1.93 bits per heavy atom. The highest BCUT2D eigenvalue weighted by Gasteiger charge is 2.36. The maximum Gasteiger partial charge on any atom is 0.573 e. The molecule has 0 spiro atoms. The number of ether oxygens (including phenoxy) is 3. The lowest BCUT2D eigenvalue weighted by molar-refractivity contribution is -0.274. The third kappa shape index (κ3) is 5.01. The van der Waals surface area contributed by atoms with Crippen LogP contribution in [0, 0.1) is 17.8 Å². The highest BCUT2D eigenvalue weighted by molar-refractivity contribution is 5.29. The van der Waals surface area contributed by atoms with Gasteiger partial charge in [-0.2, -0.15) is 0 Å². The van der Waals surface area contributed by atoms with Gasteiger partial charge in [0.25, 0.3) is 0 Å². The highest BCUT2D eigenvalue weighted by Crippen LogP contribution is 2.41. The summed E-state index contributed by atoms with van der Waals surface area (Å²) >= 11 is 0. The highest BCUT2D eigenvalue weighted by atomic mass is 19.4. The molecule has 0 radical (unpaired) electrons. The third-order valence-corrected chi connectivity index (χ3v) is 6.76. The number of hydrogen-bond donors (Lipinski definition) is 0. The molecular formula is C22H29F3O3. The van der Waals surface area contributed by atoms with Crippen LogP contribution < -0.4 is 4.74 Å². The Morgan fingerprint density at radius 1 is 0.750 bits per heavy atom. The summed E-state index contributed by atoms with van der Waals surface area (Å²) in [5, 5.41) is 0. The van der Waals surface area contributed by atoms with Crippen molar-refractivity contribution < 1.29 is 27.4 Å². The molecule has 28 heavy (non-hydrogen) atoms. The van der Waals surface area contributed by atoms with E-state index in [1.807, 2.05) is 0 Å². The van der Waals surface area contributed by atoms with Crippen LogP contribution in [0.1, 0.15) is 62.8 Å². The van der Waals surface area contributed by atoms with Crippen molar-refractivity contribution in [3.63, 3.8) is 0 Å². The minimum Gasteiger partial charge on any atom is -0.406 e. The van der Waals surface area contributed by atoms with Crippen LogP contribution in [0.5, 0.6) is 5.75 Å². The Bertz CT molecular complexity index is 609. The molecule has 1 heterocycles. The normalized spacial score (nSPS) is 32.4. The van der Waals surface area contributed by atoms with Gasteiger partial charge in [0.1, 0.15) is 5.75 Å². The summed E-state index contributed by atoms with van der Waals surface area (Å²) in [5.41, 5.74) is 1.08. The van der Waals surface area contributed by atoms with E-state index in [2.05, 4.69) is 4.74 Å². The van der Waals surface area contributed by atoms with Gasteiger partial charge in [0, 0.05) is 11.8 Å². The van der Waals surface area contributed by atoms with Gasteiger partial charge in [-0.3, -0.25) is 0 Å². The second-order valence-electron chi connectivity index (χ2n) is 8.57. The predicted molar refractivity (Wildman–Crippen MR) is 99.0 cm³/mol. The van der Waals surface area contributed by atoms with E-state index < -0.39 is 6.36 Å². The van der Waals surface area contributed by atoms with Crippen molar-refractivity contribution in [3.8, 4) is 5.75 Å². The zero-order valence-electron chi connectivity index (χ0n) is 16.1. The Kier molecular flexibility index (Phi) is 6.16. The molecule has 6 heteroatoms. The van der Waals surface area contributed by atoms with Gasteiger partial charge in [0.15, 0.2) is 6.29 Å². The van der Waals surface area contributed by atoms with Gasteiger partial charge in [-0.25, -0.2) is 0 Å². The molecule has 4 rings (SSSR count). The molecule has 0 unspecified atom stereocenters. The van der Waals surface area contributed by atoms with Gasteiger partial charge in [0.05, 0.1) is 13.2 Å². The van der Waals surface area contributed by atoms with E-state index in [9.17, 15) is 13.2 Å². The molecule has 3 aliphatic rings. The Balaban J connectivity index is 1.23. The molecule has 0 amide bonds. The van der Waals surface area contributed by atoms with E-state index in [-0.39, 0.29) is 12.0 Å². The first-order valence-electron chi connectivity index (χ1n) is 10.6. The van der Waals surface area contributed by atoms with Gasteiger partial charge < -0.3 is 14.2 Å². The van der Waals surface area contributed by atoms with Crippen molar-refractivity contribution in [3.05, 3.63) is 29.8 Å². The summed E-state index contributed by atoms with van der Waals surface area (Å²) in [5.74, 6) is 1.99. The molecule has 1 aromatic rings. The van der Waals surface area contributed by atoms with Crippen molar-refractivity contribution >= 4 is 0 Å². The van der Waals surface area contributed by atoms with Gasteiger partial charge in [-0.1, -0.05) is 37.8 Å². The molecule has 3 fully saturated rings. The lowest BCUT2D eigenvalue weighted by Gasteiger charge is -2.39. The zero-order chi connectivity index (χ0) is 19.6. The monoisotopic (exact) mass is 398 g/mol. The standard InChI is InChI=1S/C22H29F3O3/c23-22(24,25)28-20-11-9-17(10-12-20)16-5-7-18(8-6-16)21-26-13-19(14-27-21)15-3-1-2-4-15/h9-12,15-16,18-19,21H,1-8,13-14H2/t16?,18?,19-,21-. The fraction of sp³-hybridized carbons (Fsp3) is 0.727. The maximum atomic E-state index is 12.3. The van der Waals surface area contributed by atoms with E-state index in [0.717, 1.165) is 50.4 Å². The van der Waals surface area contributed by atoms with Crippen molar-refractivity contribution in [2.24, 2.45) is 17.8 Å². The van der Waals surface area contributed by atoms with Crippen LogP contribution >= 0.6 is 0 Å². The molecule has 0 aromatic heterocycles. The number of halogens is 3. The van der Waals surface area contributed by atoms with Crippen LogP contribution in [-0.2, 0) is 9.47 Å². The van der Waals surface area contributed by atoms with Gasteiger partial charge in [-0.05, 0) is 55.2 Å². The van der Waals surface area contributed by atoms with E-state index in [1.165, 1.54) is 37.8 Å². The van der Waals surface area contributed by atoms with E-state index in [0.29, 0.717) is 17.8 Å². The smallest absolute Gasteiger partial charge is 0.406 e. The average molecular weight is 398 g/mol. The second-order valence-corrected chi connectivity index (χ2v) is 8.57. The first-order chi connectivity index (χ1) is 13.5. The predicted octanol–water partition coefficient (Wildman–Crippen LogP) is 6.04. The largest absolute Gasteiger partial charge is 0.573 e. The minimum atomic E-state index is -4.64. The minimum absolute atomic E-state index is 0.0823. The summed E-state index contributed by atoms with van der Waals surface area (Å²) in [6.07, 6.45) is 4.69. The number of benzene rings is 1. The molecular weight excluding hydrogens is 369 g/mol. The van der Waals surface area contributed by atoms with Crippen molar-refractivity contribution in [2.75, 3.05) is 13.2 Å². The third-order valence-electron chi connectivity index (χ3n) is 6.76. The molecule has 1 aliphatic heterocycles. The number of alkyl halides is 3. The summed E-state index contributed by atoms with van der Waals surface area (Å²) in [7, 11) is 0. The Labute approximate surface area is 164 Å². The molecule has 3 nitrogen and oxygen atoms in total. The van der Waals surface area contributed by atoms with Crippen LogP contribution in [0.2, 0.25) is 0 Å². The zero-order valence-corrected chi connectivity index (χ0v) is 16.1. The molecule has 1 saturated heterocycles. The summed E-state index contributed by atoms with van der Waals surface area (Å²) < 4.78 is 53.0. The lowest BCUT2D eigenvalue weighted by atomic mass is 9.78. The molecule has 2 saturated carbocycles. The van der Waals surface area contributed by atoms with Gasteiger partial charge >= 0.3 is 6.36 Å². The average Bonchev–Trinajstić information content (AvgIpc) is 3.23. The van der Waals surface area contributed by atoms with Crippen LogP contribution in [0.25, 0.3) is 0 Å². The first kappa shape index (κ1) is 20.0. The summed E-state index contributed by atoms with van der Waals surface area (Å²) in [4.78, 5) is 0. The molecule has 2 aliphatic carbocycles. The lowest BCUT2D eigenvalue weighted by Crippen LogP contribution is -2.40. The van der Waals surface area contributed by atoms with Gasteiger partial charge in [-0.15, -0.1) is 13.2 Å². The molecule has 0 atom stereocenters. The van der Waals surface area contributed by atoms with E-state index in [1.54, 1.807) is 12.1 Å². The van der Waals surface area contributed by atoms with Crippen LogP contribution in [0.15, 0.2) is 24.3 Å². The van der Waals surface area contributed by atoms with Crippen molar-refractivity contribution in [1.82, 2.24) is 0 Å². The van der Waals surface area contributed by atoms with E-state index in [4.69, 9.17) is 9.47 Å². The van der Waals surface area contributed by atoms with Crippen molar-refractivity contribution in [2.45, 2.75) is 69.9 Å². The molecule has 0 bridgehead atoms. The number of rotatable bonds is 4. The Morgan fingerprint density at radius 2 is 1.36 bits per heavy atom. The molecule has 0 N–H and O–H groups in total. The van der Waals surface area contributed by atoms with Gasteiger partial charge in [0.2, 0.25) is 0 Å². The van der Waals surface area contributed by atoms with Crippen LogP contribution in [-0.4, -0.2) is 25.9 Å². The first-order valence-corrected chi connectivity index (χ1v) is 10.6. The summed E-state index contributed by atoms with van der Waals surface area (Å²) in [6.45, 7) is 1.66. The second kappa shape index (κ2) is 8.62. The molecule has 156 valence electrons. The fourth-order valence-electron chi connectivity index (χ4n) is 5.17. The topological polar surface area (TPSA) is 27.7 Å². The molecule has 1 aromatic carbocycles. The van der Waals surface area contributed by atoms with E-state index >= 15 is 0 Å². The van der Waals surface area contributed by atoms with Crippen LogP contribution in [0.4, 0.5) is 13.2 Å². The van der Waals surface area contributed by atoms with Crippen LogP contribution in [0.3, 0.4) is 0 Å². The SMILES string of the molecule is FC(F)(F)Oc1ccc(C2CCC([C@H]3OC[C@H](C4CCCC4)CO3)CC2)cc1. The maximum absolute atomic E-state index is 12.3. The fourth-order valence-corrected chi connectivity index (χ4v) is 5.17.